The highest BCUT2D eigenvalue weighted by molar-refractivity contribution is 7.91. The molecule has 0 saturated carbocycles. The van der Waals surface area contributed by atoms with Crippen LogP contribution in [0.4, 0.5) is 5.69 Å². The minimum atomic E-state index is -3.49. The molecule has 1 aliphatic heterocycles. The summed E-state index contributed by atoms with van der Waals surface area (Å²) in [6.45, 7) is 3.73. The third kappa shape index (κ3) is 3.77. The molecule has 0 unspecified atom stereocenters. The number of hydrogen-bond acceptors (Lipinski definition) is 5. The molecule has 2 rings (SSSR count). The Morgan fingerprint density at radius 2 is 1.76 bits per heavy atom. The molecule has 0 spiro atoms. The van der Waals surface area contributed by atoms with Crippen molar-refractivity contribution in [2.75, 3.05) is 30.5 Å². The quantitative estimate of drug-likeness (QED) is 0.843. The van der Waals surface area contributed by atoms with E-state index in [9.17, 15) is 16.8 Å². The van der Waals surface area contributed by atoms with Gasteiger partial charge in [0.25, 0.3) is 0 Å². The zero-order chi connectivity index (χ0) is 15.8. The lowest BCUT2D eigenvalue weighted by Gasteiger charge is -2.34. The third-order valence-electron chi connectivity index (χ3n) is 3.76. The van der Waals surface area contributed by atoms with Crippen LogP contribution in [-0.2, 0) is 19.7 Å². The van der Waals surface area contributed by atoms with Crippen LogP contribution in [0.3, 0.4) is 0 Å². The second kappa shape index (κ2) is 5.61. The van der Waals surface area contributed by atoms with Gasteiger partial charge in [-0.1, -0.05) is 6.92 Å². The van der Waals surface area contributed by atoms with Gasteiger partial charge in [0.2, 0.25) is 0 Å². The van der Waals surface area contributed by atoms with Gasteiger partial charge in [0.1, 0.15) is 0 Å². The third-order valence-corrected chi connectivity index (χ3v) is 5.99. The first-order valence-electron chi connectivity index (χ1n) is 6.88. The Bertz CT molecular complexity index is 738. The van der Waals surface area contributed by atoms with E-state index >= 15 is 0 Å². The van der Waals surface area contributed by atoms with Crippen molar-refractivity contribution in [3.8, 4) is 0 Å². The minimum absolute atomic E-state index is 0.0386. The number of piperidine rings is 1. The Hall–Kier alpha value is -1.08. The highest BCUT2D eigenvalue weighted by atomic mass is 32.2. The molecule has 0 N–H and O–H groups in total. The first-order valence-corrected chi connectivity index (χ1v) is 10.7. The fourth-order valence-electron chi connectivity index (χ4n) is 2.69. The summed E-state index contributed by atoms with van der Waals surface area (Å²) >= 11 is 0. The minimum Gasteiger partial charge on any atom is -0.370 e. The molecule has 0 bridgehead atoms. The van der Waals surface area contributed by atoms with Crippen LogP contribution >= 0.6 is 0 Å². The number of sulfone groups is 2. The van der Waals surface area contributed by atoms with Crippen LogP contribution < -0.4 is 4.90 Å². The summed E-state index contributed by atoms with van der Waals surface area (Å²) in [6.07, 6.45) is 4.34. The number of hydrogen-bond donors (Lipinski definition) is 0. The molecule has 1 aliphatic rings. The lowest BCUT2D eigenvalue weighted by Crippen LogP contribution is -2.35. The average Bonchev–Trinajstić information content (AvgIpc) is 2.36. The van der Waals surface area contributed by atoms with Gasteiger partial charge in [0.05, 0.1) is 15.5 Å². The lowest BCUT2D eigenvalue weighted by atomic mass is 10.00. The van der Waals surface area contributed by atoms with Crippen LogP contribution in [0.5, 0.6) is 0 Å². The second-order valence-electron chi connectivity index (χ2n) is 5.87. The zero-order valence-electron chi connectivity index (χ0n) is 12.5. The van der Waals surface area contributed by atoms with Crippen molar-refractivity contribution in [3.63, 3.8) is 0 Å². The Morgan fingerprint density at radius 1 is 1.10 bits per heavy atom. The second-order valence-corrected chi connectivity index (χ2v) is 9.87. The Kier molecular flexibility index (Phi) is 4.35. The lowest BCUT2D eigenvalue weighted by molar-refractivity contribution is 0.445. The maximum atomic E-state index is 12.0. The summed E-state index contributed by atoms with van der Waals surface area (Å²) in [5.74, 6) is 0.501. The number of nitrogens with zero attached hydrogens (tertiary/aromatic N) is 1. The molecule has 1 atom stereocenters. The van der Waals surface area contributed by atoms with Gasteiger partial charge in [-0.15, -0.1) is 0 Å². The van der Waals surface area contributed by atoms with E-state index in [0.29, 0.717) is 11.6 Å². The Balaban J connectivity index is 2.56. The molecule has 5 nitrogen and oxygen atoms in total. The van der Waals surface area contributed by atoms with Gasteiger partial charge in [-0.05, 0) is 37.0 Å². The van der Waals surface area contributed by atoms with Gasteiger partial charge < -0.3 is 4.90 Å². The van der Waals surface area contributed by atoms with E-state index in [0.717, 1.165) is 38.4 Å². The fourth-order valence-corrected chi connectivity index (χ4v) is 4.33. The van der Waals surface area contributed by atoms with Gasteiger partial charge in [-0.3, -0.25) is 0 Å². The summed E-state index contributed by atoms with van der Waals surface area (Å²) in [4.78, 5) is 2.17. The van der Waals surface area contributed by atoms with Gasteiger partial charge >= 0.3 is 0 Å². The highest BCUT2D eigenvalue weighted by Gasteiger charge is 2.24. The monoisotopic (exact) mass is 331 g/mol. The standard InChI is InChI=1S/C14H21NO4S2/c1-11-5-4-8-15(10-11)13-7-6-12(20(2,16)17)9-14(13)21(3,18)19/h6-7,9,11H,4-5,8,10H2,1-3H3/t11-/m1/s1. The van der Waals surface area contributed by atoms with Gasteiger partial charge in [-0.2, -0.15) is 0 Å². The summed E-state index contributed by atoms with van der Waals surface area (Å²) in [5, 5.41) is 0. The Morgan fingerprint density at radius 3 is 2.29 bits per heavy atom. The van der Waals surface area contributed by atoms with Crippen LogP contribution in [0, 0.1) is 5.92 Å². The van der Waals surface area contributed by atoms with E-state index in [1.807, 2.05) is 4.90 Å². The van der Waals surface area contributed by atoms with Crippen LogP contribution in [-0.4, -0.2) is 42.4 Å². The van der Waals surface area contributed by atoms with Crippen molar-refractivity contribution in [2.45, 2.75) is 29.6 Å². The van der Waals surface area contributed by atoms with Crippen LogP contribution in [0.1, 0.15) is 19.8 Å². The normalized spacial score (nSPS) is 20.5. The molecule has 21 heavy (non-hydrogen) atoms. The van der Waals surface area contributed by atoms with Gasteiger partial charge in [0.15, 0.2) is 19.7 Å². The summed E-state index contributed by atoms with van der Waals surface area (Å²) in [7, 11) is -6.92. The smallest absolute Gasteiger partial charge is 0.177 e. The molecule has 1 heterocycles. The molecule has 118 valence electrons. The van der Waals surface area contributed by atoms with E-state index in [-0.39, 0.29) is 9.79 Å². The van der Waals surface area contributed by atoms with E-state index < -0.39 is 19.7 Å². The van der Waals surface area contributed by atoms with Gasteiger partial charge in [-0.25, -0.2) is 16.8 Å². The number of anilines is 1. The van der Waals surface area contributed by atoms with Crippen LogP contribution in [0.25, 0.3) is 0 Å². The molecule has 1 saturated heterocycles. The molecular formula is C14H21NO4S2. The molecule has 1 fully saturated rings. The molecule has 1 aromatic carbocycles. The number of benzene rings is 1. The molecular weight excluding hydrogens is 310 g/mol. The molecule has 0 aliphatic carbocycles. The highest BCUT2D eigenvalue weighted by Crippen LogP contribution is 2.31. The number of rotatable bonds is 3. The molecule has 7 heteroatoms. The van der Waals surface area contributed by atoms with Crippen molar-refractivity contribution in [1.29, 1.82) is 0 Å². The maximum Gasteiger partial charge on any atom is 0.177 e. The van der Waals surface area contributed by atoms with E-state index in [4.69, 9.17) is 0 Å². The first-order chi connectivity index (χ1) is 9.59. The predicted octanol–water partition coefficient (Wildman–Crippen LogP) is 1.73. The van der Waals surface area contributed by atoms with Crippen molar-refractivity contribution >= 4 is 25.4 Å². The summed E-state index contributed by atoms with van der Waals surface area (Å²) in [6, 6.07) is 4.38. The Labute approximate surface area is 126 Å². The topological polar surface area (TPSA) is 71.5 Å². The summed E-state index contributed by atoms with van der Waals surface area (Å²) < 4.78 is 47.4. The molecule has 0 aromatic heterocycles. The van der Waals surface area contributed by atoms with Gasteiger partial charge in [0, 0.05) is 25.6 Å². The first kappa shape index (κ1) is 16.3. The zero-order valence-corrected chi connectivity index (χ0v) is 14.2. The van der Waals surface area contributed by atoms with Crippen molar-refractivity contribution in [1.82, 2.24) is 0 Å². The van der Waals surface area contributed by atoms with E-state index in [1.165, 1.54) is 12.1 Å². The van der Waals surface area contributed by atoms with Crippen LogP contribution in [0.2, 0.25) is 0 Å². The van der Waals surface area contributed by atoms with E-state index in [2.05, 4.69) is 6.92 Å². The van der Waals surface area contributed by atoms with Crippen molar-refractivity contribution in [2.24, 2.45) is 5.92 Å². The fraction of sp³-hybridized carbons (Fsp3) is 0.571. The molecule has 0 amide bonds. The maximum absolute atomic E-state index is 12.0. The van der Waals surface area contributed by atoms with Crippen molar-refractivity contribution < 1.29 is 16.8 Å². The molecule has 1 aromatic rings. The summed E-state index contributed by atoms with van der Waals surface area (Å²) in [5.41, 5.74) is 0.608. The average molecular weight is 331 g/mol. The predicted molar refractivity (Wildman–Crippen MR) is 83.3 cm³/mol. The van der Waals surface area contributed by atoms with E-state index in [1.54, 1.807) is 6.07 Å². The van der Waals surface area contributed by atoms with Crippen molar-refractivity contribution in [3.05, 3.63) is 18.2 Å². The van der Waals surface area contributed by atoms with Crippen LogP contribution in [0.15, 0.2) is 28.0 Å². The SMILES string of the molecule is C[C@@H]1CCCN(c2ccc(S(C)(=O)=O)cc2S(C)(=O)=O)C1. The molecule has 0 radical (unpaired) electrons. The largest absolute Gasteiger partial charge is 0.370 e.